The van der Waals surface area contributed by atoms with Gasteiger partial charge >= 0.3 is 6.18 Å². The summed E-state index contributed by atoms with van der Waals surface area (Å²) in [5.41, 5.74) is 0.814. The van der Waals surface area contributed by atoms with Crippen LogP contribution in [0.3, 0.4) is 0 Å². The summed E-state index contributed by atoms with van der Waals surface area (Å²) < 4.78 is 38.4. The Morgan fingerprint density at radius 2 is 1.67 bits per heavy atom. The number of nitrogens with one attached hydrogen (secondary N) is 1. The van der Waals surface area contributed by atoms with Gasteiger partial charge in [0.2, 0.25) is 5.95 Å². The number of hydrogen-bond acceptors (Lipinski definition) is 5. The summed E-state index contributed by atoms with van der Waals surface area (Å²) in [4.78, 5) is 11.7. The Balaban J connectivity index is 2.39. The molecular weight excluding hydrogens is 301 g/mol. The van der Waals surface area contributed by atoms with Gasteiger partial charge in [-0.25, -0.2) is 15.0 Å². The van der Waals surface area contributed by atoms with E-state index in [0.29, 0.717) is 5.03 Å². The van der Waals surface area contributed by atoms with E-state index in [1.54, 1.807) is 6.07 Å². The zero-order valence-corrected chi connectivity index (χ0v) is 12.4. The molecule has 2 rings (SSSR count). The highest BCUT2D eigenvalue weighted by Crippen LogP contribution is 2.33. The van der Waals surface area contributed by atoms with Gasteiger partial charge in [-0.2, -0.15) is 13.2 Å². The van der Waals surface area contributed by atoms with Crippen molar-refractivity contribution < 1.29 is 13.2 Å². The predicted molar refractivity (Wildman–Crippen MR) is 74.4 cm³/mol. The molecule has 2 heterocycles. The lowest BCUT2D eigenvalue weighted by molar-refractivity contribution is -0.141. The number of aromatic nitrogens is 3. The van der Waals surface area contributed by atoms with E-state index in [9.17, 15) is 13.2 Å². The SMILES string of the molecule is CNc1nc(Sc2cc(C)cc(C)n2)cc(C(F)(F)F)n1. The maximum absolute atomic E-state index is 12.8. The lowest BCUT2D eigenvalue weighted by Crippen LogP contribution is -2.11. The third-order valence-electron chi connectivity index (χ3n) is 2.50. The van der Waals surface area contributed by atoms with Crippen LogP contribution in [0.25, 0.3) is 0 Å². The summed E-state index contributed by atoms with van der Waals surface area (Å²) in [6.45, 7) is 3.73. The third-order valence-corrected chi connectivity index (χ3v) is 3.34. The molecule has 1 N–H and O–H groups in total. The molecule has 0 bridgehead atoms. The molecule has 112 valence electrons. The second kappa shape index (κ2) is 5.88. The lowest BCUT2D eigenvalue weighted by Gasteiger charge is -2.10. The first-order chi connectivity index (χ1) is 9.77. The van der Waals surface area contributed by atoms with Crippen LogP contribution in [-0.4, -0.2) is 22.0 Å². The molecule has 0 aliphatic carbocycles. The van der Waals surface area contributed by atoms with Crippen LogP contribution in [0.5, 0.6) is 0 Å². The average Bonchev–Trinajstić information content (AvgIpc) is 2.36. The lowest BCUT2D eigenvalue weighted by atomic mass is 10.3. The van der Waals surface area contributed by atoms with Gasteiger partial charge < -0.3 is 5.32 Å². The van der Waals surface area contributed by atoms with Gasteiger partial charge in [-0.3, -0.25) is 0 Å². The van der Waals surface area contributed by atoms with Gasteiger partial charge in [-0.05, 0) is 43.3 Å². The minimum atomic E-state index is -4.51. The summed E-state index contributed by atoms with van der Waals surface area (Å²) >= 11 is 1.07. The highest BCUT2D eigenvalue weighted by molar-refractivity contribution is 7.99. The predicted octanol–water partition coefficient (Wildman–Crippen LogP) is 3.70. The van der Waals surface area contributed by atoms with Crippen molar-refractivity contribution >= 4 is 17.7 Å². The van der Waals surface area contributed by atoms with Crippen molar-refractivity contribution in [1.29, 1.82) is 0 Å². The number of anilines is 1. The molecule has 0 aliphatic rings. The van der Waals surface area contributed by atoms with Gasteiger partial charge in [0.15, 0.2) is 5.69 Å². The second-order valence-electron chi connectivity index (χ2n) is 4.39. The molecule has 0 aliphatic heterocycles. The fourth-order valence-electron chi connectivity index (χ4n) is 1.70. The number of nitrogens with zero attached hydrogens (tertiary/aromatic N) is 3. The van der Waals surface area contributed by atoms with E-state index in [4.69, 9.17) is 0 Å². The minimum absolute atomic E-state index is 0.0725. The minimum Gasteiger partial charge on any atom is -0.357 e. The van der Waals surface area contributed by atoms with Gasteiger partial charge in [0.1, 0.15) is 10.1 Å². The van der Waals surface area contributed by atoms with Crippen molar-refractivity contribution in [2.24, 2.45) is 0 Å². The first-order valence-electron chi connectivity index (χ1n) is 6.05. The molecule has 0 saturated heterocycles. The number of rotatable bonds is 3. The Morgan fingerprint density at radius 1 is 1.00 bits per heavy atom. The van der Waals surface area contributed by atoms with E-state index < -0.39 is 11.9 Å². The smallest absolute Gasteiger partial charge is 0.357 e. The van der Waals surface area contributed by atoms with Crippen molar-refractivity contribution in [1.82, 2.24) is 15.0 Å². The largest absolute Gasteiger partial charge is 0.433 e. The van der Waals surface area contributed by atoms with E-state index in [1.165, 1.54) is 7.05 Å². The van der Waals surface area contributed by atoms with Crippen molar-refractivity contribution in [3.63, 3.8) is 0 Å². The van der Waals surface area contributed by atoms with Crippen LogP contribution in [0, 0.1) is 13.8 Å². The van der Waals surface area contributed by atoms with Gasteiger partial charge in [0, 0.05) is 18.8 Å². The Labute approximate surface area is 124 Å². The fraction of sp³-hybridized carbons (Fsp3) is 0.308. The van der Waals surface area contributed by atoms with E-state index in [0.717, 1.165) is 29.1 Å². The van der Waals surface area contributed by atoms with Crippen molar-refractivity contribution in [2.75, 3.05) is 12.4 Å². The van der Waals surface area contributed by atoms with Crippen LogP contribution in [-0.2, 0) is 6.18 Å². The molecular formula is C13H13F3N4S. The molecule has 0 atom stereocenters. The Bertz CT molecular complexity index is 638. The highest BCUT2D eigenvalue weighted by Gasteiger charge is 2.33. The number of hydrogen-bond donors (Lipinski definition) is 1. The summed E-state index contributed by atoms with van der Waals surface area (Å²) in [7, 11) is 1.47. The fourth-order valence-corrected chi connectivity index (χ4v) is 2.65. The Morgan fingerprint density at radius 3 is 2.24 bits per heavy atom. The standard InChI is InChI=1S/C13H13F3N4S/c1-7-4-8(2)18-10(5-7)21-11-6-9(13(14,15)16)19-12(17-3)20-11/h4-6H,1-3H3,(H,17,19,20). The van der Waals surface area contributed by atoms with Crippen LogP contribution in [0.1, 0.15) is 17.0 Å². The Kier molecular flexibility index (Phi) is 4.36. The average molecular weight is 314 g/mol. The molecule has 4 nitrogen and oxygen atoms in total. The normalized spacial score (nSPS) is 11.5. The van der Waals surface area contributed by atoms with Crippen molar-refractivity contribution in [3.05, 3.63) is 35.2 Å². The monoisotopic (exact) mass is 314 g/mol. The number of alkyl halides is 3. The van der Waals surface area contributed by atoms with Gasteiger partial charge in [0.05, 0.1) is 0 Å². The molecule has 0 aromatic carbocycles. The number of halogens is 3. The van der Waals surface area contributed by atoms with E-state index in [2.05, 4.69) is 20.3 Å². The van der Waals surface area contributed by atoms with Crippen LogP contribution < -0.4 is 5.32 Å². The van der Waals surface area contributed by atoms with E-state index in [1.807, 2.05) is 19.9 Å². The van der Waals surface area contributed by atoms with Crippen molar-refractivity contribution in [3.8, 4) is 0 Å². The summed E-state index contributed by atoms with van der Waals surface area (Å²) in [6, 6.07) is 4.61. The molecule has 8 heteroatoms. The number of aryl methyl sites for hydroxylation is 2. The second-order valence-corrected chi connectivity index (χ2v) is 5.43. The molecule has 0 amide bonds. The Hall–Kier alpha value is -1.83. The molecule has 21 heavy (non-hydrogen) atoms. The molecule has 0 fully saturated rings. The van der Waals surface area contributed by atoms with Crippen LogP contribution in [0.15, 0.2) is 28.3 Å². The van der Waals surface area contributed by atoms with Crippen LogP contribution in [0.2, 0.25) is 0 Å². The zero-order chi connectivity index (χ0) is 15.6. The molecule has 2 aromatic rings. The summed E-state index contributed by atoms with van der Waals surface area (Å²) in [5, 5.41) is 3.32. The topological polar surface area (TPSA) is 50.7 Å². The van der Waals surface area contributed by atoms with Gasteiger partial charge in [-0.15, -0.1) is 0 Å². The summed E-state index contributed by atoms with van der Waals surface area (Å²) in [6.07, 6.45) is -4.51. The molecule has 0 spiro atoms. The first-order valence-corrected chi connectivity index (χ1v) is 6.87. The zero-order valence-electron chi connectivity index (χ0n) is 11.6. The number of pyridine rings is 1. The van der Waals surface area contributed by atoms with Gasteiger partial charge in [-0.1, -0.05) is 0 Å². The molecule has 0 radical (unpaired) electrons. The molecule has 0 unspecified atom stereocenters. The summed E-state index contributed by atoms with van der Waals surface area (Å²) in [5.74, 6) is -0.0725. The third kappa shape index (κ3) is 4.07. The quantitative estimate of drug-likeness (QED) is 0.876. The maximum Gasteiger partial charge on any atom is 0.433 e. The first kappa shape index (κ1) is 15.6. The van der Waals surface area contributed by atoms with E-state index >= 15 is 0 Å². The molecule has 0 saturated carbocycles. The van der Waals surface area contributed by atoms with Crippen LogP contribution in [0.4, 0.5) is 19.1 Å². The van der Waals surface area contributed by atoms with Crippen molar-refractivity contribution in [2.45, 2.75) is 30.1 Å². The van der Waals surface area contributed by atoms with E-state index in [-0.39, 0.29) is 11.0 Å². The van der Waals surface area contributed by atoms with Gasteiger partial charge in [0.25, 0.3) is 0 Å². The molecule has 2 aromatic heterocycles. The highest BCUT2D eigenvalue weighted by atomic mass is 32.2. The van der Waals surface area contributed by atoms with Crippen LogP contribution >= 0.6 is 11.8 Å². The maximum atomic E-state index is 12.8.